The fourth-order valence-corrected chi connectivity index (χ4v) is 6.47. The van der Waals surface area contributed by atoms with Crippen molar-refractivity contribution in [3.8, 4) is 6.07 Å². The van der Waals surface area contributed by atoms with Gasteiger partial charge in [0, 0.05) is 44.0 Å². The van der Waals surface area contributed by atoms with Crippen LogP contribution >= 0.6 is 24.0 Å². The lowest BCUT2D eigenvalue weighted by molar-refractivity contribution is -0.122. The lowest BCUT2D eigenvalue weighted by atomic mass is 10.0. The van der Waals surface area contributed by atoms with Gasteiger partial charge >= 0.3 is 0 Å². The van der Waals surface area contributed by atoms with Crippen LogP contribution in [0.15, 0.2) is 64.3 Å². The van der Waals surface area contributed by atoms with Gasteiger partial charge in [-0.3, -0.25) is 19.1 Å². The summed E-state index contributed by atoms with van der Waals surface area (Å²) in [6, 6.07) is 20.5. The van der Waals surface area contributed by atoms with Gasteiger partial charge in [0.1, 0.15) is 21.8 Å². The number of hydrogen-bond acceptors (Lipinski definition) is 7. The Morgan fingerprint density at radius 3 is 2.25 bits per heavy atom. The molecule has 2 aliphatic heterocycles. The molecule has 40 heavy (non-hydrogen) atoms. The summed E-state index contributed by atoms with van der Waals surface area (Å²) in [5, 5.41) is 9.88. The molecule has 0 spiro atoms. The fraction of sp³-hybridized carbons (Fsp3) is 0.290. The summed E-state index contributed by atoms with van der Waals surface area (Å²) in [5.74, 6) is 0.586. The van der Waals surface area contributed by atoms with Gasteiger partial charge in [-0.15, -0.1) is 0 Å². The lowest BCUT2D eigenvalue weighted by Gasteiger charge is -2.39. The van der Waals surface area contributed by atoms with E-state index in [1.165, 1.54) is 17.4 Å². The van der Waals surface area contributed by atoms with Crippen LogP contribution < -0.4 is 15.4 Å². The minimum atomic E-state index is -0.299. The van der Waals surface area contributed by atoms with Crippen LogP contribution in [0.2, 0.25) is 0 Å². The zero-order chi connectivity index (χ0) is 28.4. The summed E-state index contributed by atoms with van der Waals surface area (Å²) >= 11 is 6.87. The number of hydrogen-bond donors (Lipinski definition) is 0. The van der Waals surface area contributed by atoms with E-state index in [0.717, 1.165) is 35.6 Å². The Hall–Kier alpha value is -3.87. The first kappa shape index (κ1) is 27.7. The predicted octanol–water partition coefficient (Wildman–Crippen LogP) is 5.08. The van der Waals surface area contributed by atoms with Gasteiger partial charge in [-0.25, -0.2) is 0 Å². The number of rotatable bonds is 6. The third-order valence-corrected chi connectivity index (χ3v) is 8.85. The molecule has 3 aromatic rings. The van der Waals surface area contributed by atoms with Crippen LogP contribution in [0.5, 0.6) is 0 Å². The van der Waals surface area contributed by atoms with Gasteiger partial charge in [0.25, 0.3) is 11.5 Å². The molecule has 0 bridgehead atoms. The highest BCUT2D eigenvalue weighted by molar-refractivity contribution is 8.26. The second kappa shape index (κ2) is 11.7. The molecule has 0 N–H and O–H groups in total. The number of anilines is 2. The molecular formula is C31H31N5O2S2. The molecule has 0 saturated carbocycles. The first-order valence-electron chi connectivity index (χ1n) is 13.4. The maximum atomic E-state index is 13.6. The van der Waals surface area contributed by atoms with E-state index in [1.54, 1.807) is 16.4 Å². The highest BCUT2D eigenvalue weighted by Gasteiger charge is 2.33. The van der Waals surface area contributed by atoms with Crippen LogP contribution in [0.25, 0.3) is 6.08 Å². The summed E-state index contributed by atoms with van der Waals surface area (Å²) in [6.07, 6.45) is 1.83. The second-order valence-electron chi connectivity index (χ2n) is 9.96. The third kappa shape index (κ3) is 5.29. The number of piperazine rings is 1. The number of para-hydroxylation sites is 1. The molecule has 1 aromatic heterocycles. The predicted molar refractivity (Wildman–Crippen MR) is 167 cm³/mol. The SMILES string of the molecule is CCn1c(N2CCN(c3ccccc3)CC2)c(/C=C2/SC(=S)N(Cc3ccc(C)cc3)C2=O)c(C)c(C#N)c1=O. The van der Waals surface area contributed by atoms with E-state index in [9.17, 15) is 14.9 Å². The van der Waals surface area contributed by atoms with Gasteiger partial charge in [-0.1, -0.05) is 72.0 Å². The van der Waals surface area contributed by atoms with Crippen molar-refractivity contribution in [3.63, 3.8) is 0 Å². The normalized spacial score (nSPS) is 16.6. The number of pyridine rings is 1. The number of aryl methyl sites for hydroxylation is 1. The standard InChI is InChI=1S/C31H31N5O2S2/c1-4-35-28(34-16-14-33(15-17-34)24-8-6-5-7-9-24)25(22(3)26(19-32)29(35)37)18-27-30(38)36(31(39)40-27)20-23-12-10-21(2)11-13-23/h5-13,18H,4,14-17,20H2,1-3H3/b27-18+. The third-order valence-electron chi connectivity index (χ3n) is 7.47. The van der Waals surface area contributed by atoms with Crippen LogP contribution in [0.4, 0.5) is 11.5 Å². The Labute approximate surface area is 244 Å². The van der Waals surface area contributed by atoms with E-state index < -0.39 is 0 Å². The quantitative estimate of drug-likeness (QED) is 0.303. The van der Waals surface area contributed by atoms with E-state index in [2.05, 4.69) is 28.0 Å². The molecule has 0 aliphatic carbocycles. The molecule has 0 radical (unpaired) electrons. The topological polar surface area (TPSA) is 72.6 Å². The lowest BCUT2D eigenvalue weighted by Crippen LogP contribution is -2.48. The van der Waals surface area contributed by atoms with Gasteiger partial charge in [-0.05, 0) is 50.1 Å². The zero-order valence-electron chi connectivity index (χ0n) is 22.9. The van der Waals surface area contributed by atoms with Crippen LogP contribution in [0, 0.1) is 25.2 Å². The number of aromatic nitrogens is 1. The molecule has 2 aromatic carbocycles. The first-order valence-corrected chi connectivity index (χ1v) is 14.6. The molecule has 3 heterocycles. The smallest absolute Gasteiger partial charge is 0.270 e. The Bertz CT molecular complexity index is 1580. The number of carbonyl (C=O) groups excluding carboxylic acids is 1. The molecule has 9 heteroatoms. The van der Waals surface area contributed by atoms with Crippen molar-refractivity contribution in [2.45, 2.75) is 33.9 Å². The van der Waals surface area contributed by atoms with Gasteiger partial charge in [0.05, 0.1) is 11.4 Å². The maximum absolute atomic E-state index is 13.6. The van der Waals surface area contributed by atoms with Crippen molar-refractivity contribution >= 4 is 51.8 Å². The molecule has 2 saturated heterocycles. The number of carbonyl (C=O) groups is 1. The average molecular weight is 570 g/mol. The molecule has 0 atom stereocenters. The van der Waals surface area contributed by atoms with Gasteiger partial charge in [0.15, 0.2) is 0 Å². The number of thioether (sulfide) groups is 1. The van der Waals surface area contributed by atoms with Gasteiger partial charge in [0.2, 0.25) is 0 Å². The Kier molecular flexibility index (Phi) is 8.10. The van der Waals surface area contributed by atoms with E-state index in [4.69, 9.17) is 12.2 Å². The summed E-state index contributed by atoms with van der Waals surface area (Å²) in [7, 11) is 0. The molecule has 1 amide bonds. The molecule has 7 nitrogen and oxygen atoms in total. The number of amides is 1. The monoisotopic (exact) mass is 569 g/mol. The average Bonchev–Trinajstić information content (AvgIpc) is 3.23. The molecular weight excluding hydrogens is 539 g/mol. The van der Waals surface area contributed by atoms with Crippen molar-refractivity contribution in [2.75, 3.05) is 36.0 Å². The number of nitriles is 1. The van der Waals surface area contributed by atoms with E-state index in [1.807, 2.05) is 62.4 Å². The molecule has 5 rings (SSSR count). The molecule has 2 aliphatic rings. The molecule has 0 unspecified atom stereocenters. The highest BCUT2D eigenvalue weighted by atomic mass is 32.2. The summed E-state index contributed by atoms with van der Waals surface area (Å²) in [6.45, 7) is 9.53. The van der Waals surface area contributed by atoms with Crippen molar-refractivity contribution in [1.29, 1.82) is 5.26 Å². The van der Waals surface area contributed by atoms with Crippen molar-refractivity contribution in [1.82, 2.24) is 9.47 Å². The van der Waals surface area contributed by atoms with E-state index in [0.29, 0.717) is 41.0 Å². The Balaban J connectivity index is 1.51. The zero-order valence-corrected chi connectivity index (χ0v) is 24.5. The largest absolute Gasteiger partial charge is 0.368 e. The van der Waals surface area contributed by atoms with Crippen molar-refractivity contribution < 1.29 is 4.79 Å². The summed E-state index contributed by atoms with van der Waals surface area (Å²) < 4.78 is 2.17. The number of thiocarbonyl (C=S) groups is 1. The summed E-state index contributed by atoms with van der Waals surface area (Å²) in [5.41, 5.74) is 4.44. The Morgan fingerprint density at radius 2 is 1.62 bits per heavy atom. The molecule has 204 valence electrons. The van der Waals surface area contributed by atoms with E-state index in [-0.39, 0.29) is 17.0 Å². The van der Waals surface area contributed by atoms with Crippen molar-refractivity contribution in [3.05, 3.63) is 97.7 Å². The minimum Gasteiger partial charge on any atom is -0.368 e. The van der Waals surface area contributed by atoms with Gasteiger partial charge in [-0.2, -0.15) is 5.26 Å². The number of nitrogens with zero attached hydrogens (tertiary/aromatic N) is 5. The van der Waals surface area contributed by atoms with Crippen LogP contribution in [-0.2, 0) is 17.9 Å². The summed E-state index contributed by atoms with van der Waals surface area (Å²) in [4.78, 5) is 33.6. The first-order chi connectivity index (χ1) is 19.3. The van der Waals surface area contributed by atoms with Gasteiger partial charge < -0.3 is 9.80 Å². The van der Waals surface area contributed by atoms with Crippen LogP contribution in [-0.4, -0.2) is 45.9 Å². The number of benzene rings is 2. The minimum absolute atomic E-state index is 0.106. The van der Waals surface area contributed by atoms with Crippen LogP contribution in [0.3, 0.4) is 0 Å². The highest BCUT2D eigenvalue weighted by Crippen LogP contribution is 2.37. The molecule has 2 fully saturated rings. The second-order valence-corrected chi connectivity index (χ2v) is 11.6. The van der Waals surface area contributed by atoms with Crippen molar-refractivity contribution in [2.24, 2.45) is 0 Å². The fourth-order valence-electron chi connectivity index (χ4n) is 5.24. The van der Waals surface area contributed by atoms with Crippen LogP contribution in [0.1, 0.15) is 34.7 Å². The Morgan fingerprint density at radius 1 is 0.975 bits per heavy atom. The van der Waals surface area contributed by atoms with E-state index >= 15 is 0 Å². The maximum Gasteiger partial charge on any atom is 0.270 e.